The molecule has 3 aromatic rings. The van der Waals surface area contributed by atoms with E-state index in [1.165, 1.54) is 18.2 Å². The first-order valence-electron chi connectivity index (χ1n) is 11.6. The van der Waals surface area contributed by atoms with Crippen molar-refractivity contribution in [2.45, 2.75) is 38.8 Å². The van der Waals surface area contributed by atoms with Crippen LogP contribution in [0.5, 0.6) is 0 Å². The van der Waals surface area contributed by atoms with Crippen LogP contribution in [0, 0.1) is 5.82 Å². The van der Waals surface area contributed by atoms with Gasteiger partial charge >= 0.3 is 0 Å². The molecule has 0 spiro atoms. The van der Waals surface area contributed by atoms with Crippen molar-refractivity contribution in [2.75, 3.05) is 11.9 Å². The van der Waals surface area contributed by atoms with Gasteiger partial charge < -0.3 is 15.5 Å². The van der Waals surface area contributed by atoms with Crippen molar-refractivity contribution < 1.29 is 18.8 Å². The van der Waals surface area contributed by atoms with E-state index in [1.54, 1.807) is 22.7 Å². The summed E-state index contributed by atoms with van der Waals surface area (Å²) in [4.78, 5) is 39.7. The summed E-state index contributed by atoms with van der Waals surface area (Å²) in [6.07, 6.45) is 0.710. The molecule has 1 aliphatic heterocycles. The molecule has 0 saturated heterocycles. The van der Waals surface area contributed by atoms with Gasteiger partial charge in [0.1, 0.15) is 5.82 Å². The second-order valence-electron chi connectivity index (χ2n) is 8.63. The lowest BCUT2D eigenvalue weighted by Gasteiger charge is -2.27. The van der Waals surface area contributed by atoms with Gasteiger partial charge in [-0.3, -0.25) is 19.1 Å². The SMILES string of the molecule is C[C@H](NC(=O)CCC(=O)N1CCc2c(c(C(=O)Nc3cccc(F)c3)nn2C)C1)c1ccccc1. The number of benzene rings is 2. The number of anilines is 1. The van der Waals surface area contributed by atoms with Gasteiger partial charge in [-0.2, -0.15) is 5.10 Å². The van der Waals surface area contributed by atoms with Crippen molar-refractivity contribution in [3.8, 4) is 0 Å². The Kier molecular flexibility index (Phi) is 7.24. The molecule has 182 valence electrons. The van der Waals surface area contributed by atoms with Gasteiger partial charge in [-0.05, 0) is 30.7 Å². The van der Waals surface area contributed by atoms with Crippen LogP contribution in [-0.4, -0.2) is 38.9 Å². The molecule has 0 fully saturated rings. The largest absolute Gasteiger partial charge is 0.350 e. The molecule has 2 aromatic carbocycles. The fraction of sp³-hybridized carbons (Fsp3) is 0.308. The molecular formula is C26H28FN5O3. The summed E-state index contributed by atoms with van der Waals surface area (Å²) >= 11 is 0. The zero-order valence-electron chi connectivity index (χ0n) is 19.8. The number of halogens is 1. The van der Waals surface area contributed by atoms with E-state index in [0.29, 0.717) is 24.2 Å². The Morgan fingerprint density at radius 2 is 1.86 bits per heavy atom. The van der Waals surface area contributed by atoms with Gasteiger partial charge in [0.15, 0.2) is 5.69 Å². The van der Waals surface area contributed by atoms with Crippen LogP contribution < -0.4 is 10.6 Å². The van der Waals surface area contributed by atoms with Crippen molar-refractivity contribution in [3.63, 3.8) is 0 Å². The smallest absolute Gasteiger partial charge is 0.276 e. The highest BCUT2D eigenvalue weighted by Crippen LogP contribution is 2.24. The molecule has 1 atom stereocenters. The first-order chi connectivity index (χ1) is 16.8. The second kappa shape index (κ2) is 10.5. The highest BCUT2D eigenvalue weighted by molar-refractivity contribution is 6.04. The van der Waals surface area contributed by atoms with Crippen LogP contribution in [0.4, 0.5) is 10.1 Å². The van der Waals surface area contributed by atoms with Gasteiger partial charge in [0, 0.05) is 56.3 Å². The van der Waals surface area contributed by atoms with Gasteiger partial charge in [-0.1, -0.05) is 36.4 Å². The lowest BCUT2D eigenvalue weighted by molar-refractivity contribution is -0.134. The van der Waals surface area contributed by atoms with Crippen molar-refractivity contribution in [2.24, 2.45) is 7.05 Å². The molecule has 3 amide bonds. The van der Waals surface area contributed by atoms with Crippen LogP contribution in [0.3, 0.4) is 0 Å². The maximum atomic E-state index is 13.5. The van der Waals surface area contributed by atoms with Crippen molar-refractivity contribution >= 4 is 23.4 Å². The second-order valence-corrected chi connectivity index (χ2v) is 8.63. The first-order valence-corrected chi connectivity index (χ1v) is 11.6. The Bertz CT molecular complexity index is 1240. The lowest BCUT2D eigenvalue weighted by atomic mass is 10.0. The molecule has 2 heterocycles. The van der Waals surface area contributed by atoms with Crippen LogP contribution >= 0.6 is 0 Å². The van der Waals surface area contributed by atoms with Gasteiger partial charge in [0.25, 0.3) is 5.91 Å². The predicted molar refractivity (Wildman–Crippen MR) is 129 cm³/mol. The molecule has 0 bridgehead atoms. The molecule has 1 aromatic heterocycles. The number of aryl methyl sites for hydroxylation is 1. The summed E-state index contributed by atoms with van der Waals surface area (Å²) < 4.78 is 15.1. The summed E-state index contributed by atoms with van der Waals surface area (Å²) in [5, 5.41) is 9.94. The van der Waals surface area contributed by atoms with Gasteiger partial charge in [-0.25, -0.2) is 4.39 Å². The van der Waals surface area contributed by atoms with Gasteiger partial charge in [0.05, 0.1) is 6.04 Å². The van der Waals surface area contributed by atoms with E-state index in [1.807, 2.05) is 37.3 Å². The number of nitrogens with one attached hydrogen (secondary N) is 2. The standard InChI is InChI=1S/C26H28FN5O3/c1-17(18-7-4-3-5-8-18)28-23(33)11-12-24(34)32-14-13-22-21(16-32)25(30-31(22)2)26(35)29-20-10-6-9-19(27)15-20/h3-10,15,17H,11-14,16H2,1-2H3,(H,28,33)(H,29,35)/t17-/m0/s1. The lowest BCUT2D eigenvalue weighted by Crippen LogP contribution is -2.37. The summed E-state index contributed by atoms with van der Waals surface area (Å²) in [6, 6.07) is 15.1. The molecule has 9 heteroatoms. The molecule has 8 nitrogen and oxygen atoms in total. The van der Waals surface area contributed by atoms with E-state index in [4.69, 9.17) is 0 Å². The average Bonchev–Trinajstić information content (AvgIpc) is 3.19. The van der Waals surface area contributed by atoms with E-state index >= 15 is 0 Å². The van der Waals surface area contributed by atoms with E-state index in [9.17, 15) is 18.8 Å². The minimum absolute atomic E-state index is 0.0771. The number of carbonyl (C=O) groups excluding carboxylic acids is 3. The Morgan fingerprint density at radius 1 is 1.09 bits per heavy atom. The maximum Gasteiger partial charge on any atom is 0.276 e. The monoisotopic (exact) mass is 477 g/mol. The number of hydrogen-bond donors (Lipinski definition) is 2. The van der Waals surface area contributed by atoms with Crippen LogP contribution in [0.2, 0.25) is 0 Å². The summed E-state index contributed by atoms with van der Waals surface area (Å²) in [5.74, 6) is -1.26. The minimum atomic E-state index is -0.462. The minimum Gasteiger partial charge on any atom is -0.350 e. The zero-order chi connectivity index (χ0) is 24.9. The molecule has 4 rings (SSSR count). The van der Waals surface area contributed by atoms with E-state index in [2.05, 4.69) is 15.7 Å². The molecule has 0 radical (unpaired) electrons. The van der Waals surface area contributed by atoms with Crippen LogP contribution in [0.25, 0.3) is 0 Å². The number of amides is 3. The first kappa shape index (κ1) is 24.1. The van der Waals surface area contributed by atoms with Gasteiger partial charge in [0.2, 0.25) is 11.8 Å². The molecular weight excluding hydrogens is 449 g/mol. The number of aromatic nitrogens is 2. The Labute approximate surface area is 203 Å². The van der Waals surface area contributed by atoms with Crippen molar-refractivity contribution in [1.29, 1.82) is 0 Å². The Hall–Kier alpha value is -4.01. The summed E-state index contributed by atoms with van der Waals surface area (Å²) in [5.41, 5.74) is 3.08. The molecule has 0 unspecified atom stereocenters. The molecule has 0 saturated carbocycles. The van der Waals surface area contributed by atoms with Crippen molar-refractivity contribution in [3.05, 3.63) is 82.9 Å². The van der Waals surface area contributed by atoms with Crippen molar-refractivity contribution in [1.82, 2.24) is 20.0 Å². The number of carbonyl (C=O) groups is 3. The Balaban J connectivity index is 1.36. The molecule has 2 N–H and O–H groups in total. The summed E-state index contributed by atoms with van der Waals surface area (Å²) in [6.45, 7) is 2.62. The maximum absolute atomic E-state index is 13.5. The third-order valence-corrected chi connectivity index (χ3v) is 6.14. The predicted octanol–water partition coefficient (Wildman–Crippen LogP) is 3.35. The fourth-order valence-electron chi connectivity index (χ4n) is 4.26. The van der Waals surface area contributed by atoms with Gasteiger partial charge in [-0.15, -0.1) is 0 Å². The number of nitrogens with zero attached hydrogens (tertiary/aromatic N) is 3. The third-order valence-electron chi connectivity index (χ3n) is 6.14. The molecule has 0 aliphatic carbocycles. The Morgan fingerprint density at radius 3 is 2.60 bits per heavy atom. The van der Waals surface area contributed by atoms with Crippen LogP contribution in [-0.2, 0) is 29.6 Å². The zero-order valence-corrected chi connectivity index (χ0v) is 19.8. The van der Waals surface area contributed by atoms with E-state index < -0.39 is 11.7 Å². The quantitative estimate of drug-likeness (QED) is 0.546. The van der Waals surface area contributed by atoms with Crippen LogP contribution in [0.1, 0.15) is 53.1 Å². The fourth-order valence-corrected chi connectivity index (χ4v) is 4.26. The molecule has 1 aliphatic rings. The highest BCUT2D eigenvalue weighted by atomic mass is 19.1. The topological polar surface area (TPSA) is 96.3 Å². The van der Waals surface area contributed by atoms with E-state index in [-0.39, 0.29) is 42.9 Å². The van der Waals surface area contributed by atoms with Crippen LogP contribution in [0.15, 0.2) is 54.6 Å². The number of rotatable bonds is 7. The number of hydrogen-bond acceptors (Lipinski definition) is 4. The average molecular weight is 478 g/mol. The molecule has 35 heavy (non-hydrogen) atoms. The third kappa shape index (κ3) is 5.74. The normalized spacial score (nSPS) is 13.6. The summed E-state index contributed by atoms with van der Waals surface area (Å²) in [7, 11) is 1.76. The number of fused-ring (bicyclic) bond motifs is 1. The highest BCUT2D eigenvalue weighted by Gasteiger charge is 2.29. The van der Waals surface area contributed by atoms with E-state index in [0.717, 1.165) is 11.3 Å².